The van der Waals surface area contributed by atoms with Gasteiger partial charge in [-0.3, -0.25) is 0 Å². The van der Waals surface area contributed by atoms with Gasteiger partial charge in [0.2, 0.25) is 10.0 Å². The number of hydrogen-bond donors (Lipinski definition) is 2. The molecule has 0 unspecified atom stereocenters. The minimum absolute atomic E-state index is 0.341. The van der Waals surface area contributed by atoms with Crippen molar-refractivity contribution in [3.8, 4) is 0 Å². The van der Waals surface area contributed by atoms with Crippen LogP contribution in [0.3, 0.4) is 0 Å². The Kier molecular flexibility index (Phi) is 5.46. The van der Waals surface area contributed by atoms with Crippen LogP contribution in [0.15, 0.2) is 48.5 Å². The van der Waals surface area contributed by atoms with E-state index in [0.717, 1.165) is 16.4 Å². The molecular formula is C24H28BClN2O4S. The van der Waals surface area contributed by atoms with Crippen LogP contribution in [0.25, 0.3) is 10.9 Å². The van der Waals surface area contributed by atoms with Crippen molar-refractivity contribution in [3.63, 3.8) is 0 Å². The number of sulfonamides is 1. The van der Waals surface area contributed by atoms with Gasteiger partial charge in [-0.2, -0.15) is 0 Å². The summed E-state index contributed by atoms with van der Waals surface area (Å²) in [5.41, 5.74) is 2.22. The van der Waals surface area contributed by atoms with Crippen molar-refractivity contribution < 1.29 is 17.7 Å². The lowest BCUT2D eigenvalue weighted by atomic mass is 9.78. The molecule has 1 aliphatic heterocycles. The molecule has 2 fully saturated rings. The van der Waals surface area contributed by atoms with Crippen LogP contribution in [0.5, 0.6) is 0 Å². The van der Waals surface area contributed by atoms with Gasteiger partial charge in [0.15, 0.2) is 0 Å². The number of rotatable bonds is 6. The Bertz CT molecular complexity index is 1300. The highest BCUT2D eigenvalue weighted by Crippen LogP contribution is 2.38. The van der Waals surface area contributed by atoms with E-state index in [2.05, 4.69) is 9.71 Å². The number of fused-ring (bicyclic) bond motifs is 1. The van der Waals surface area contributed by atoms with Gasteiger partial charge in [-0.1, -0.05) is 48.0 Å². The first kappa shape index (κ1) is 22.9. The molecule has 33 heavy (non-hydrogen) atoms. The van der Waals surface area contributed by atoms with Crippen LogP contribution >= 0.6 is 11.6 Å². The number of halogens is 1. The van der Waals surface area contributed by atoms with Crippen molar-refractivity contribution in [1.82, 2.24) is 9.71 Å². The zero-order chi connectivity index (χ0) is 23.6. The predicted octanol–water partition coefficient (Wildman–Crippen LogP) is 4.29. The van der Waals surface area contributed by atoms with Gasteiger partial charge in [-0.25, -0.2) is 13.1 Å². The van der Waals surface area contributed by atoms with Gasteiger partial charge in [-0.15, -0.1) is 0 Å². The first-order valence-electron chi connectivity index (χ1n) is 11.2. The van der Waals surface area contributed by atoms with Crippen molar-refractivity contribution >= 4 is 45.1 Å². The van der Waals surface area contributed by atoms with E-state index in [1.54, 1.807) is 6.07 Å². The van der Waals surface area contributed by atoms with Crippen molar-refractivity contribution in [2.24, 2.45) is 0 Å². The van der Waals surface area contributed by atoms with Crippen LogP contribution in [0, 0.1) is 0 Å². The van der Waals surface area contributed by atoms with E-state index in [1.165, 1.54) is 0 Å². The second-order valence-corrected chi connectivity index (χ2v) is 12.3. The second-order valence-electron chi connectivity index (χ2n) is 9.94. The Morgan fingerprint density at radius 1 is 1.06 bits per heavy atom. The summed E-state index contributed by atoms with van der Waals surface area (Å²) in [7, 11) is -4.01. The summed E-state index contributed by atoms with van der Waals surface area (Å²) >= 11 is 6.50. The molecule has 0 spiro atoms. The molecule has 5 rings (SSSR count). The van der Waals surface area contributed by atoms with Gasteiger partial charge in [0.05, 0.1) is 22.5 Å². The molecule has 1 aromatic heterocycles. The largest absolute Gasteiger partial charge is 0.497 e. The maximum Gasteiger partial charge on any atom is 0.497 e. The number of para-hydroxylation sites is 1. The highest BCUT2D eigenvalue weighted by molar-refractivity contribution is 7.90. The summed E-state index contributed by atoms with van der Waals surface area (Å²) in [6.07, 6.45) is 1.37. The topological polar surface area (TPSA) is 80.4 Å². The lowest BCUT2D eigenvalue weighted by molar-refractivity contribution is 0.00578. The van der Waals surface area contributed by atoms with Gasteiger partial charge in [0, 0.05) is 21.7 Å². The fourth-order valence-corrected chi connectivity index (χ4v) is 5.94. The molecule has 1 atom stereocenters. The fourth-order valence-electron chi connectivity index (χ4n) is 4.17. The maximum atomic E-state index is 12.9. The second kappa shape index (κ2) is 7.85. The summed E-state index contributed by atoms with van der Waals surface area (Å²) in [5.74, 6) is 0. The molecule has 6 nitrogen and oxygen atoms in total. The predicted molar refractivity (Wildman–Crippen MR) is 132 cm³/mol. The lowest BCUT2D eigenvalue weighted by Gasteiger charge is -2.32. The van der Waals surface area contributed by atoms with Gasteiger partial charge in [0.25, 0.3) is 0 Å². The number of aromatic amines is 1. The van der Waals surface area contributed by atoms with Gasteiger partial charge < -0.3 is 14.3 Å². The summed E-state index contributed by atoms with van der Waals surface area (Å²) in [6.45, 7) is 8.08. The third-order valence-electron chi connectivity index (χ3n) is 6.99. The third-order valence-corrected chi connectivity index (χ3v) is 9.25. The van der Waals surface area contributed by atoms with Gasteiger partial charge in [0.1, 0.15) is 0 Å². The van der Waals surface area contributed by atoms with Crippen molar-refractivity contribution in [3.05, 3.63) is 64.8 Å². The molecule has 9 heteroatoms. The van der Waals surface area contributed by atoms with Gasteiger partial charge in [-0.05, 0) is 63.6 Å². The average molecular weight is 487 g/mol. The molecule has 2 N–H and O–H groups in total. The van der Waals surface area contributed by atoms with E-state index in [-0.39, 0.29) is 5.25 Å². The molecule has 2 aliphatic rings. The third kappa shape index (κ3) is 4.12. The maximum absolute atomic E-state index is 12.9. The van der Waals surface area contributed by atoms with E-state index < -0.39 is 34.4 Å². The minimum Gasteiger partial charge on any atom is -0.399 e. The Hall–Kier alpha value is -1.84. The molecule has 2 heterocycles. The van der Waals surface area contributed by atoms with E-state index in [0.29, 0.717) is 29.1 Å². The highest BCUT2D eigenvalue weighted by Gasteiger charge is 2.52. The first-order valence-corrected chi connectivity index (χ1v) is 13.1. The van der Waals surface area contributed by atoms with Crippen LogP contribution in [0.4, 0.5) is 0 Å². The number of H-pyrrole nitrogens is 1. The molecule has 0 bridgehead atoms. The van der Waals surface area contributed by atoms with Gasteiger partial charge >= 0.3 is 7.12 Å². The lowest BCUT2D eigenvalue weighted by Crippen LogP contribution is -2.41. The zero-order valence-corrected chi connectivity index (χ0v) is 20.8. The number of aromatic nitrogens is 1. The molecule has 3 aromatic rings. The van der Waals surface area contributed by atoms with E-state index in [1.807, 2.05) is 70.2 Å². The number of nitrogens with one attached hydrogen (secondary N) is 2. The minimum atomic E-state index is -3.47. The Morgan fingerprint density at radius 3 is 2.36 bits per heavy atom. The fraction of sp³-hybridized carbons (Fsp3) is 0.417. The Labute approximate surface area is 200 Å². The average Bonchev–Trinajstić information content (AvgIpc) is 3.47. The molecule has 1 saturated heterocycles. The molecule has 1 saturated carbocycles. The van der Waals surface area contributed by atoms with Crippen molar-refractivity contribution in [1.29, 1.82) is 0 Å². The Morgan fingerprint density at radius 2 is 1.73 bits per heavy atom. The van der Waals surface area contributed by atoms with Crippen LogP contribution in [-0.4, -0.2) is 37.0 Å². The summed E-state index contributed by atoms with van der Waals surface area (Å²) in [4.78, 5) is 3.46. The molecular weight excluding hydrogens is 459 g/mol. The normalized spacial score (nSPS) is 20.9. The first-order chi connectivity index (χ1) is 15.5. The molecule has 1 aliphatic carbocycles. The Balaban J connectivity index is 1.59. The monoisotopic (exact) mass is 486 g/mol. The molecule has 0 amide bonds. The van der Waals surface area contributed by atoms with Crippen LogP contribution in [0.1, 0.15) is 57.8 Å². The standard InChI is InChI=1S/C24H28BClN2O4S/c1-23(2)24(3,4)32-25(31-23)18-10-7-8-15-14-20(27-21(15)18)22(17-9-5-6-11-19(17)26)28-33(29,30)16-12-13-16/h5-11,14,16,22,27-28H,12-13H2,1-4H3/t22-/m1/s1. The van der Waals surface area contributed by atoms with Crippen molar-refractivity contribution in [2.75, 3.05) is 0 Å². The molecule has 174 valence electrons. The summed E-state index contributed by atoms with van der Waals surface area (Å²) < 4.78 is 41.2. The quantitative estimate of drug-likeness (QED) is 0.509. The van der Waals surface area contributed by atoms with E-state index >= 15 is 0 Å². The van der Waals surface area contributed by atoms with E-state index in [4.69, 9.17) is 20.9 Å². The van der Waals surface area contributed by atoms with Crippen molar-refractivity contribution in [2.45, 2.75) is 63.0 Å². The molecule has 2 aromatic carbocycles. The number of hydrogen-bond acceptors (Lipinski definition) is 4. The highest BCUT2D eigenvalue weighted by atomic mass is 35.5. The van der Waals surface area contributed by atoms with Crippen LogP contribution in [0.2, 0.25) is 5.02 Å². The number of benzene rings is 2. The summed E-state index contributed by atoms with van der Waals surface area (Å²) in [6, 6.07) is 14.6. The zero-order valence-electron chi connectivity index (χ0n) is 19.2. The van der Waals surface area contributed by atoms with Crippen LogP contribution in [-0.2, 0) is 19.3 Å². The van der Waals surface area contributed by atoms with Crippen LogP contribution < -0.4 is 10.2 Å². The SMILES string of the molecule is CC1(C)OB(c2cccc3cc([C@H](NS(=O)(=O)C4CC4)c4ccccc4Cl)[nH]c23)OC1(C)C. The smallest absolute Gasteiger partial charge is 0.399 e. The molecule has 0 radical (unpaired) electrons. The summed E-state index contributed by atoms with van der Waals surface area (Å²) in [5, 5.41) is 1.11. The van der Waals surface area contributed by atoms with E-state index in [9.17, 15) is 8.42 Å².